The number of unbranched alkanes of at least 4 members (excludes halogenated alkanes) is 1. The minimum Gasteiger partial charge on any atom is -0.353 e. The lowest BCUT2D eigenvalue weighted by molar-refractivity contribution is -0.130. The van der Waals surface area contributed by atoms with Crippen LogP contribution in [-0.4, -0.2) is 119 Å². The summed E-state index contributed by atoms with van der Waals surface area (Å²) in [6.07, 6.45) is 10.3. The maximum absolute atomic E-state index is 12.7. The van der Waals surface area contributed by atoms with Gasteiger partial charge in [-0.2, -0.15) is 0 Å². The number of hydrogen-bond acceptors (Lipinski definition) is 10. The molecule has 4 aromatic heterocycles. The number of benzene rings is 2. The molecule has 6 aromatic rings. The molecular weight excluding hydrogens is 923 g/mol. The topological polar surface area (TPSA) is 157 Å². The molecule has 8 rings (SSSR count). The second-order valence-electron chi connectivity index (χ2n) is 16.3. The van der Waals surface area contributed by atoms with E-state index in [1.165, 1.54) is 5.56 Å². The fraction of sp³-hybridized carbons (Fsp3) is 0.294. The number of aryl methyl sites for hydroxylation is 1. The van der Waals surface area contributed by atoms with Crippen molar-refractivity contribution in [2.45, 2.75) is 32.1 Å². The zero-order valence-electron chi connectivity index (χ0n) is 37.6. The minimum atomic E-state index is -0.162. The number of aromatic nitrogens is 4. The number of nitrogens with zero attached hydrogens (tertiary/aromatic N) is 8. The number of anilines is 2. The molecule has 2 fully saturated rings. The highest BCUT2D eigenvalue weighted by Gasteiger charge is 2.25. The Morgan fingerprint density at radius 1 is 0.529 bits per heavy atom. The lowest BCUT2D eigenvalue weighted by Gasteiger charge is -2.35. The van der Waals surface area contributed by atoms with Crippen LogP contribution in [0, 0.1) is 0 Å². The van der Waals surface area contributed by atoms with Crippen LogP contribution in [0.3, 0.4) is 0 Å². The molecule has 0 bridgehead atoms. The zero-order valence-corrected chi connectivity index (χ0v) is 39.8. The third-order valence-corrected chi connectivity index (χ3v) is 12.5. The first kappa shape index (κ1) is 49.3. The second kappa shape index (κ2) is 25.0. The highest BCUT2D eigenvalue weighted by Crippen LogP contribution is 2.20. The number of piperazine rings is 2. The van der Waals surface area contributed by atoms with E-state index in [4.69, 9.17) is 34.8 Å². The summed E-state index contributed by atoms with van der Waals surface area (Å²) in [6.45, 7) is 6.15. The van der Waals surface area contributed by atoms with Gasteiger partial charge in [-0.15, -0.1) is 0 Å². The molecule has 17 heteroatoms. The fourth-order valence-corrected chi connectivity index (χ4v) is 8.40. The molecule has 2 saturated heterocycles. The van der Waals surface area contributed by atoms with E-state index in [2.05, 4.69) is 52.5 Å². The minimum absolute atomic E-state index is 0.0345. The van der Waals surface area contributed by atoms with Gasteiger partial charge in [0.1, 0.15) is 21.9 Å². The maximum Gasteiger partial charge on any atom is 0.257 e. The predicted molar refractivity (Wildman–Crippen MR) is 267 cm³/mol. The van der Waals surface area contributed by atoms with Crippen LogP contribution in [0.2, 0.25) is 15.3 Å². The molecule has 2 aromatic carbocycles. The van der Waals surface area contributed by atoms with E-state index >= 15 is 0 Å². The van der Waals surface area contributed by atoms with Crippen LogP contribution in [0.5, 0.6) is 0 Å². The van der Waals surface area contributed by atoms with Gasteiger partial charge in [0.2, 0.25) is 5.91 Å². The summed E-state index contributed by atoms with van der Waals surface area (Å²) in [5.74, 6) is 1.24. The molecule has 4 amide bonds. The number of hydrogen-bond donors (Lipinski definition) is 2. The Balaban J connectivity index is 0.000000201. The van der Waals surface area contributed by atoms with Gasteiger partial charge in [-0.1, -0.05) is 83.3 Å². The van der Waals surface area contributed by atoms with Gasteiger partial charge in [0.05, 0.1) is 23.1 Å². The number of carbonyl (C=O) groups excluding carboxylic acids is 4. The summed E-state index contributed by atoms with van der Waals surface area (Å²) >= 11 is 18.1. The average Bonchev–Trinajstić information content (AvgIpc) is 3.37. The quantitative estimate of drug-likeness (QED) is 0.0781. The number of carbonyl (C=O) groups is 4. The van der Waals surface area contributed by atoms with Crippen molar-refractivity contribution in [3.05, 3.63) is 177 Å². The number of amides is 4. The molecular formula is C51H53Cl3N10O4. The first-order valence-corrected chi connectivity index (χ1v) is 23.8. The van der Waals surface area contributed by atoms with Gasteiger partial charge in [0.15, 0.2) is 0 Å². The van der Waals surface area contributed by atoms with Crippen molar-refractivity contribution in [1.82, 2.24) is 40.4 Å². The molecule has 0 atom stereocenters. The molecule has 2 aliphatic heterocycles. The van der Waals surface area contributed by atoms with Crippen molar-refractivity contribution >= 4 is 70.1 Å². The average molecular weight is 976 g/mol. The number of halogens is 3. The molecule has 352 valence electrons. The third-order valence-electron chi connectivity index (χ3n) is 11.6. The van der Waals surface area contributed by atoms with Crippen molar-refractivity contribution in [2.24, 2.45) is 0 Å². The molecule has 2 aliphatic rings. The van der Waals surface area contributed by atoms with Gasteiger partial charge in [-0.3, -0.25) is 19.2 Å². The molecule has 0 spiro atoms. The van der Waals surface area contributed by atoms with Gasteiger partial charge in [0.25, 0.3) is 17.7 Å². The lowest BCUT2D eigenvalue weighted by atomic mass is 10.1. The third kappa shape index (κ3) is 14.2. The largest absolute Gasteiger partial charge is 0.353 e. The summed E-state index contributed by atoms with van der Waals surface area (Å²) in [5, 5.41) is 7.16. The van der Waals surface area contributed by atoms with Gasteiger partial charge in [0, 0.05) is 95.3 Å². The van der Waals surface area contributed by atoms with Crippen LogP contribution in [-0.2, 0) is 24.1 Å². The van der Waals surface area contributed by atoms with Crippen molar-refractivity contribution in [2.75, 3.05) is 75.2 Å². The van der Waals surface area contributed by atoms with E-state index in [1.54, 1.807) is 60.0 Å². The van der Waals surface area contributed by atoms with E-state index in [9.17, 15) is 19.2 Å². The summed E-state index contributed by atoms with van der Waals surface area (Å²) in [6, 6.07) is 32.2. The van der Waals surface area contributed by atoms with E-state index in [-0.39, 0.29) is 35.2 Å². The normalized spacial score (nSPS) is 13.6. The Hall–Kier alpha value is -6.61. The van der Waals surface area contributed by atoms with Crippen LogP contribution in [0.1, 0.15) is 60.6 Å². The zero-order chi connectivity index (χ0) is 47.7. The summed E-state index contributed by atoms with van der Waals surface area (Å²) < 4.78 is 0. The lowest BCUT2D eigenvalue weighted by Crippen LogP contribution is -2.49. The van der Waals surface area contributed by atoms with Crippen LogP contribution in [0.15, 0.2) is 128 Å². The summed E-state index contributed by atoms with van der Waals surface area (Å²) in [7, 11) is 0. The molecule has 0 radical (unpaired) electrons. The molecule has 0 unspecified atom stereocenters. The van der Waals surface area contributed by atoms with Crippen LogP contribution in [0.25, 0.3) is 0 Å². The smallest absolute Gasteiger partial charge is 0.257 e. The van der Waals surface area contributed by atoms with Crippen molar-refractivity contribution in [3.8, 4) is 0 Å². The maximum atomic E-state index is 12.7. The van der Waals surface area contributed by atoms with Crippen molar-refractivity contribution in [1.29, 1.82) is 0 Å². The predicted octanol–water partition coefficient (Wildman–Crippen LogP) is 7.49. The van der Waals surface area contributed by atoms with Gasteiger partial charge >= 0.3 is 0 Å². The fourth-order valence-electron chi connectivity index (χ4n) is 7.80. The molecule has 0 aliphatic carbocycles. The monoisotopic (exact) mass is 974 g/mol. The van der Waals surface area contributed by atoms with Crippen LogP contribution >= 0.6 is 34.8 Å². The molecule has 68 heavy (non-hydrogen) atoms. The summed E-state index contributed by atoms with van der Waals surface area (Å²) in [4.78, 5) is 75.0. The standard InChI is InChI=1S/C26H28ClN5O2.C25H25Cl2N5O2/c27-24-22(10-6-14-28-24)26(34)32-17-15-31(16-18-32)23-12-11-21(19-30-23)25(33)29-13-5-4-9-20-7-2-1-3-8-20;26-21-5-1-3-18(15-21)8-10-29-25(34)20-6-7-22(30-17-20)31-11-13-32(14-12-31)23(33)16-19-4-2-9-28-24(19)27/h1-3,6-8,10-12,14,19H,4-5,9,13,15-18H2,(H,29,33);1-7,9,15,17H,8,10-14,16H2,(H,29,34). The number of nitrogens with one attached hydrogen (secondary N) is 2. The second-order valence-corrected chi connectivity index (χ2v) is 17.4. The Morgan fingerprint density at radius 3 is 1.71 bits per heavy atom. The Kier molecular flexibility index (Phi) is 18.1. The van der Waals surface area contributed by atoms with E-state index in [0.717, 1.165) is 42.0 Å². The van der Waals surface area contributed by atoms with Gasteiger partial charge in [-0.05, 0) is 97.0 Å². The first-order valence-electron chi connectivity index (χ1n) is 22.6. The van der Waals surface area contributed by atoms with E-state index in [0.29, 0.717) is 98.7 Å². The van der Waals surface area contributed by atoms with Gasteiger partial charge < -0.3 is 30.2 Å². The van der Waals surface area contributed by atoms with Crippen molar-refractivity contribution < 1.29 is 19.2 Å². The Labute approximate surface area is 411 Å². The molecule has 14 nitrogen and oxygen atoms in total. The highest BCUT2D eigenvalue weighted by atomic mass is 35.5. The Bertz CT molecular complexity index is 2610. The highest BCUT2D eigenvalue weighted by molar-refractivity contribution is 6.32. The first-order chi connectivity index (χ1) is 33.1. The van der Waals surface area contributed by atoms with Gasteiger partial charge in [-0.25, -0.2) is 19.9 Å². The van der Waals surface area contributed by atoms with E-state index in [1.807, 2.05) is 65.6 Å². The Morgan fingerprint density at radius 2 is 1.12 bits per heavy atom. The SMILES string of the molecule is O=C(NCCCCc1ccccc1)c1ccc(N2CCN(C(=O)c3cccnc3Cl)CC2)nc1.O=C(NCCc1cccc(Cl)c1)c1ccc(N2CCN(C(=O)Cc3cccnc3Cl)CC2)nc1. The molecule has 6 heterocycles. The molecule has 2 N–H and O–H groups in total. The molecule has 0 saturated carbocycles. The number of pyridine rings is 4. The van der Waals surface area contributed by atoms with Crippen LogP contribution in [0.4, 0.5) is 11.6 Å². The van der Waals surface area contributed by atoms with Crippen LogP contribution < -0.4 is 20.4 Å². The van der Waals surface area contributed by atoms with E-state index < -0.39 is 0 Å². The number of rotatable bonds is 15. The van der Waals surface area contributed by atoms with Crippen molar-refractivity contribution in [3.63, 3.8) is 0 Å². The summed E-state index contributed by atoms with van der Waals surface area (Å²) in [5.41, 5.74) is 4.61.